The summed E-state index contributed by atoms with van der Waals surface area (Å²) in [6.45, 7) is 0. The van der Waals surface area contributed by atoms with Crippen molar-refractivity contribution in [3.05, 3.63) is 50.3 Å². The topological polar surface area (TPSA) is 102 Å². The molecule has 0 unspecified atom stereocenters. The van der Waals surface area contributed by atoms with Gasteiger partial charge in [-0.05, 0) is 29.7 Å². The lowest BCUT2D eigenvalue weighted by Crippen LogP contribution is -1.93. The van der Waals surface area contributed by atoms with Crippen LogP contribution in [0.25, 0.3) is 10.7 Å². The zero-order valence-corrected chi connectivity index (χ0v) is 11.9. The molecule has 0 saturated heterocycles. The predicted molar refractivity (Wildman–Crippen MR) is 79.1 cm³/mol. The third kappa shape index (κ3) is 2.66. The molecule has 0 aliphatic carbocycles. The number of nitrogens with zero attached hydrogens (tertiary/aromatic N) is 4. The third-order valence-electron chi connectivity index (χ3n) is 2.48. The molecular formula is C11H7N5O3S2. The Morgan fingerprint density at radius 3 is 3.05 bits per heavy atom. The Balaban J connectivity index is 1.94. The van der Waals surface area contributed by atoms with Crippen molar-refractivity contribution in [2.45, 2.75) is 0 Å². The fourth-order valence-electron chi connectivity index (χ4n) is 1.59. The minimum Gasteiger partial charge on any atom is -0.400 e. The van der Waals surface area contributed by atoms with E-state index >= 15 is 0 Å². The number of thiophene rings is 1. The van der Waals surface area contributed by atoms with Crippen LogP contribution in [0.4, 0.5) is 5.88 Å². The fourth-order valence-corrected chi connectivity index (χ4v) is 2.47. The van der Waals surface area contributed by atoms with Gasteiger partial charge in [0.25, 0.3) is 0 Å². The second-order valence-corrected chi connectivity index (χ2v) is 5.15. The molecule has 0 aliphatic rings. The van der Waals surface area contributed by atoms with Gasteiger partial charge in [0.2, 0.25) is 4.77 Å². The smallest absolute Gasteiger partial charge is 0.400 e. The Labute approximate surface area is 126 Å². The summed E-state index contributed by atoms with van der Waals surface area (Å²) < 4.78 is 6.73. The molecule has 3 rings (SSSR count). The van der Waals surface area contributed by atoms with Gasteiger partial charge in [0.15, 0.2) is 11.6 Å². The van der Waals surface area contributed by atoms with Gasteiger partial charge in [-0.3, -0.25) is 10.1 Å². The number of hydrogen-bond acceptors (Lipinski definition) is 7. The first-order chi connectivity index (χ1) is 10.1. The number of hydrogen-bond donors (Lipinski definition) is 1. The van der Waals surface area contributed by atoms with Crippen LogP contribution in [0.3, 0.4) is 0 Å². The number of aromatic nitrogens is 3. The van der Waals surface area contributed by atoms with Crippen molar-refractivity contribution in [3.8, 4) is 10.7 Å². The molecule has 0 spiro atoms. The van der Waals surface area contributed by atoms with Gasteiger partial charge in [0.1, 0.15) is 4.92 Å². The maximum absolute atomic E-state index is 10.5. The van der Waals surface area contributed by atoms with E-state index in [1.807, 2.05) is 17.5 Å². The summed E-state index contributed by atoms with van der Waals surface area (Å²) in [5, 5.41) is 23.4. The van der Waals surface area contributed by atoms with E-state index in [0.29, 0.717) is 10.6 Å². The fraction of sp³-hybridized carbons (Fsp3) is 0. The van der Waals surface area contributed by atoms with Crippen molar-refractivity contribution < 1.29 is 9.34 Å². The highest BCUT2D eigenvalue weighted by molar-refractivity contribution is 7.71. The normalized spacial score (nSPS) is 11.2. The minimum atomic E-state index is -0.613. The van der Waals surface area contributed by atoms with Crippen LogP contribution in [0.2, 0.25) is 0 Å². The van der Waals surface area contributed by atoms with E-state index in [1.165, 1.54) is 34.4 Å². The number of nitro groups is 1. The van der Waals surface area contributed by atoms with Gasteiger partial charge in [-0.15, -0.1) is 11.3 Å². The number of rotatable bonds is 4. The summed E-state index contributed by atoms with van der Waals surface area (Å²) in [4.78, 5) is 10.8. The Morgan fingerprint density at radius 2 is 2.38 bits per heavy atom. The van der Waals surface area contributed by atoms with E-state index in [2.05, 4.69) is 15.3 Å². The molecular weight excluding hydrogens is 314 g/mol. The first-order valence-electron chi connectivity index (χ1n) is 5.65. The van der Waals surface area contributed by atoms with Gasteiger partial charge in [0.05, 0.1) is 17.2 Å². The number of furan rings is 1. The largest absolute Gasteiger partial charge is 0.433 e. The minimum absolute atomic E-state index is 0.252. The maximum atomic E-state index is 10.5. The van der Waals surface area contributed by atoms with Gasteiger partial charge < -0.3 is 4.42 Å². The van der Waals surface area contributed by atoms with Crippen molar-refractivity contribution in [1.82, 2.24) is 14.9 Å². The van der Waals surface area contributed by atoms with Gasteiger partial charge in [-0.25, -0.2) is 5.10 Å². The Kier molecular flexibility index (Phi) is 3.46. The average molecular weight is 321 g/mol. The molecule has 0 amide bonds. The molecule has 8 nitrogen and oxygen atoms in total. The highest BCUT2D eigenvalue weighted by Gasteiger charge is 2.11. The monoisotopic (exact) mass is 321 g/mol. The SMILES string of the molecule is O=[N+]([O-])c1ccc(/C=N/n2c(-c3cccs3)n[nH]c2=S)o1. The van der Waals surface area contributed by atoms with E-state index in [1.54, 1.807) is 0 Å². The number of nitrogens with one attached hydrogen (secondary N) is 1. The van der Waals surface area contributed by atoms with Crippen molar-refractivity contribution in [3.63, 3.8) is 0 Å². The predicted octanol–water partition coefficient (Wildman–Crippen LogP) is 3.05. The van der Waals surface area contributed by atoms with Gasteiger partial charge in [-0.1, -0.05) is 6.07 Å². The Bertz CT molecular complexity index is 859. The Morgan fingerprint density at radius 1 is 1.52 bits per heavy atom. The van der Waals surface area contributed by atoms with Crippen molar-refractivity contribution >= 4 is 35.7 Å². The zero-order valence-electron chi connectivity index (χ0n) is 10.3. The molecule has 3 aromatic rings. The maximum Gasteiger partial charge on any atom is 0.433 e. The van der Waals surface area contributed by atoms with Crippen molar-refractivity contribution in [1.29, 1.82) is 0 Å². The van der Waals surface area contributed by atoms with E-state index in [9.17, 15) is 10.1 Å². The van der Waals surface area contributed by atoms with E-state index in [-0.39, 0.29) is 11.6 Å². The molecule has 1 N–H and O–H groups in total. The van der Waals surface area contributed by atoms with Crippen LogP contribution in [0, 0.1) is 14.9 Å². The number of aromatic amines is 1. The zero-order chi connectivity index (χ0) is 14.8. The standard InChI is InChI=1S/C11H7N5O3S2/c17-16(18)9-4-3-7(19-9)6-12-15-10(13-14-11(15)20)8-2-1-5-21-8/h1-6H,(H,14,20)/b12-6+. The summed E-state index contributed by atoms with van der Waals surface area (Å²) in [5.74, 6) is 0.472. The highest BCUT2D eigenvalue weighted by Crippen LogP contribution is 2.22. The summed E-state index contributed by atoms with van der Waals surface area (Å²) in [6, 6.07) is 6.49. The molecule has 106 valence electrons. The van der Waals surface area contributed by atoms with Crippen LogP contribution in [0.5, 0.6) is 0 Å². The van der Waals surface area contributed by atoms with Gasteiger partial charge in [0, 0.05) is 0 Å². The molecule has 0 fully saturated rings. The second-order valence-electron chi connectivity index (χ2n) is 3.82. The number of H-pyrrole nitrogens is 1. The van der Waals surface area contributed by atoms with Gasteiger partial charge in [-0.2, -0.15) is 14.9 Å². The summed E-state index contributed by atoms with van der Waals surface area (Å²) in [5.41, 5.74) is 0. The second kappa shape index (κ2) is 5.42. The average Bonchev–Trinajstić information content (AvgIpc) is 3.17. The molecule has 0 aromatic carbocycles. The molecule has 21 heavy (non-hydrogen) atoms. The summed E-state index contributed by atoms with van der Waals surface area (Å²) >= 11 is 6.60. The molecule has 0 atom stereocenters. The molecule has 10 heteroatoms. The van der Waals surface area contributed by atoms with E-state index < -0.39 is 4.92 Å². The van der Waals surface area contributed by atoms with E-state index in [4.69, 9.17) is 16.6 Å². The first kappa shape index (κ1) is 13.4. The Hall–Kier alpha value is -2.59. The van der Waals surface area contributed by atoms with E-state index in [0.717, 1.165) is 4.88 Å². The lowest BCUT2D eigenvalue weighted by Gasteiger charge is -1.96. The molecule has 0 bridgehead atoms. The van der Waals surface area contributed by atoms with Crippen molar-refractivity contribution in [2.75, 3.05) is 0 Å². The van der Waals surface area contributed by atoms with Crippen LogP contribution >= 0.6 is 23.6 Å². The molecule has 0 saturated carbocycles. The van der Waals surface area contributed by atoms with Crippen LogP contribution in [0.1, 0.15) is 5.76 Å². The van der Waals surface area contributed by atoms with Crippen LogP contribution in [0.15, 0.2) is 39.2 Å². The third-order valence-corrected chi connectivity index (χ3v) is 3.62. The van der Waals surface area contributed by atoms with Crippen LogP contribution < -0.4 is 0 Å². The lowest BCUT2D eigenvalue weighted by atomic mass is 10.4. The molecule has 3 aromatic heterocycles. The summed E-state index contributed by atoms with van der Waals surface area (Å²) in [7, 11) is 0. The lowest BCUT2D eigenvalue weighted by molar-refractivity contribution is -0.402. The van der Waals surface area contributed by atoms with Crippen LogP contribution in [-0.4, -0.2) is 26.0 Å². The summed E-state index contributed by atoms with van der Waals surface area (Å²) in [6.07, 6.45) is 1.34. The van der Waals surface area contributed by atoms with Gasteiger partial charge >= 0.3 is 5.88 Å². The quantitative estimate of drug-likeness (QED) is 0.344. The molecule has 3 heterocycles. The highest BCUT2D eigenvalue weighted by atomic mass is 32.1. The van der Waals surface area contributed by atoms with Crippen LogP contribution in [-0.2, 0) is 0 Å². The molecule has 0 radical (unpaired) electrons. The first-order valence-corrected chi connectivity index (χ1v) is 6.94. The molecule has 0 aliphatic heterocycles. The van der Waals surface area contributed by atoms with Crippen molar-refractivity contribution in [2.24, 2.45) is 5.10 Å².